The number of carbonyl (C=O) groups excluding carboxylic acids is 1. The number of hydrogen-bond donors (Lipinski definition) is 1. The number of ketones is 1. The van der Waals surface area contributed by atoms with Crippen molar-refractivity contribution in [3.63, 3.8) is 0 Å². The third kappa shape index (κ3) is 2.99. The van der Waals surface area contributed by atoms with Gasteiger partial charge in [-0.05, 0) is 29.8 Å². The molecule has 2 N–H and O–H groups in total. The molecular weight excluding hydrogens is 322 g/mol. The topological polar surface area (TPSA) is 78.7 Å². The number of carbonyl (C=O) groups is 1. The number of nitrogens with zero attached hydrogens (tertiary/aromatic N) is 4. The van der Waals surface area contributed by atoms with E-state index in [0.717, 1.165) is 22.4 Å². The van der Waals surface area contributed by atoms with Crippen LogP contribution in [0, 0.1) is 6.92 Å². The monoisotopic (exact) mass is 339 g/mol. The first-order chi connectivity index (χ1) is 9.56. The van der Waals surface area contributed by atoms with E-state index < -0.39 is 0 Å². The van der Waals surface area contributed by atoms with E-state index in [1.165, 1.54) is 0 Å². The van der Waals surface area contributed by atoms with Crippen LogP contribution in [0.25, 0.3) is 0 Å². The zero-order valence-corrected chi connectivity index (χ0v) is 13.2. The fraction of sp³-hybridized carbons (Fsp3) is 0.462. The Bertz CT molecular complexity index is 616. The Morgan fingerprint density at radius 2 is 2.25 bits per heavy atom. The second kappa shape index (κ2) is 6.32. The second-order valence-electron chi connectivity index (χ2n) is 4.55. The Morgan fingerprint density at radius 1 is 1.50 bits per heavy atom. The SMILES string of the molecule is CCn1nc(C)c(Br)c1CC(=O)c1cn(CCN)cn1. The molecule has 0 aliphatic heterocycles. The summed E-state index contributed by atoms with van der Waals surface area (Å²) in [6.45, 7) is 5.84. The summed E-state index contributed by atoms with van der Waals surface area (Å²) in [4.78, 5) is 16.4. The average Bonchev–Trinajstić information content (AvgIpc) is 2.99. The third-order valence-corrected chi connectivity index (χ3v) is 4.12. The molecule has 0 fully saturated rings. The number of halogens is 1. The van der Waals surface area contributed by atoms with E-state index in [1.54, 1.807) is 12.5 Å². The van der Waals surface area contributed by atoms with E-state index in [9.17, 15) is 4.79 Å². The summed E-state index contributed by atoms with van der Waals surface area (Å²) in [6, 6.07) is 0. The van der Waals surface area contributed by atoms with Gasteiger partial charge >= 0.3 is 0 Å². The molecule has 0 saturated heterocycles. The molecule has 20 heavy (non-hydrogen) atoms. The molecule has 0 aliphatic rings. The predicted octanol–water partition coefficient (Wildman–Crippen LogP) is 1.55. The molecule has 2 rings (SSSR count). The maximum atomic E-state index is 12.3. The molecule has 2 aromatic rings. The zero-order chi connectivity index (χ0) is 14.7. The lowest BCUT2D eigenvalue weighted by Crippen LogP contribution is -2.11. The van der Waals surface area contributed by atoms with Crippen molar-refractivity contribution in [1.29, 1.82) is 0 Å². The van der Waals surface area contributed by atoms with Crippen LogP contribution in [0.15, 0.2) is 17.0 Å². The molecule has 2 heterocycles. The van der Waals surface area contributed by atoms with Gasteiger partial charge in [-0.25, -0.2) is 4.98 Å². The van der Waals surface area contributed by atoms with Gasteiger partial charge < -0.3 is 10.3 Å². The largest absolute Gasteiger partial charge is 0.335 e. The smallest absolute Gasteiger partial charge is 0.188 e. The highest BCUT2D eigenvalue weighted by atomic mass is 79.9. The average molecular weight is 340 g/mol. The Morgan fingerprint density at radius 3 is 2.90 bits per heavy atom. The Kier molecular flexibility index (Phi) is 4.72. The van der Waals surface area contributed by atoms with Crippen LogP contribution in [0.2, 0.25) is 0 Å². The first-order valence-electron chi connectivity index (χ1n) is 6.53. The molecule has 2 aromatic heterocycles. The molecule has 0 aliphatic carbocycles. The van der Waals surface area contributed by atoms with E-state index in [-0.39, 0.29) is 12.2 Å². The van der Waals surface area contributed by atoms with E-state index in [2.05, 4.69) is 26.0 Å². The molecule has 0 aromatic carbocycles. The summed E-state index contributed by atoms with van der Waals surface area (Å²) in [5, 5.41) is 4.39. The van der Waals surface area contributed by atoms with Crippen LogP contribution in [0.1, 0.15) is 28.8 Å². The molecule has 108 valence electrons. The van der Waals surface area contributed by atoms with Gasteiger partial charge in [0.2, 0.25) is 0 Å². The summed E-state index contributed by atoms with van der Waals surface area (Å²) < 4.78 is 4.56. The summed E-state index contributed by atoms with van der Waals surface area (Å²) in [5.41, 5.74) is 7.73. The lowest BCUT2D eigenvalue weighted by molar-refractivity contribution is 0.0986. The van der Waals surface area contributed by atoms with E-state index in [1.807, 2.05) is 23.1 Å². The van der Waals surface area contributed by atoms with Crippen molar-refractivity contribution >= 4 is 21.7 Å². The second-order valence-corrected chi connectivity index (χ2v) is 5.34. The number of imidazole rings is 1. The minimum atomic E-state index is -0.0175. The van der Waals surface area contributed by atoms with Gasteiger partial charge in [-0.1, -0.05) is 0 Å². The van der Waals surface area contributed by atoms with Gasteiger partial charge in [0.05, 0.1) is 28.6 Å². The molecule has 0 bridgehead atoms. The number of nitrogens with two attached hydrogens (primary N) is 1. The lowest BCUT2D eigenvalue weighted by atomic mass is 10.1. The number of rotatable bonds is 6. The molecule has 0 unspecified atom stereocenters. The highest BCUT2D eigenvalue weighted by Crippen LogP contribution is 2.22. The van der Waals surface area contributed by atoms with E-state index in [0.29, 0.717) is 18.8 Å². The van der Waals surface area contributed by atoms with Crippen LogP contribution in [0.3, 0.4) is 0 Å². The van der Waals surface area contributed by atoms with Crippen LogP contribution in [0.4, 0.5) is 0 Å². The summed E-state index contributed by atoms with van der Waals surface area (Å²) in [7, 11) is 0. The van der Waals surface area contributed by atoms with Crippen molar-refractivity contribution in [2.75, 3.05) is 6.54 Å². The fourth-order valence-corrected chi connectivity index (χ4v) is 2.48. The molecular formula is C13H18BrN5O. The minimum absolute atomic E-state index is 0.0175. The van der Waals surface area contributed by atoms with Gasteiger partial charge in [0.1, 0.15) is 5.69 Å². The predicted molar refractivity (Wildman–Crippen MR) is 79.7 cm³/mol. The van der Waals surface area contributed by atoms with Gasteiger partial charge in [0.15, 0.2) is 5.78 Å². The normalized spacial score (nSPS) is 11.0. The first kappa shape index (κ1) is 14.9. The van der Waals surface area contributed by atoms with Crippen LogP contribution < -0.4 is 5.73 Å². The summed E-state index contributed by atoms with van der Waals surface area (Å²) >= 11 is 3.50. The number of aryl methyl sites for hydroxylation is 2. The van der Waals surface area contributed by atoms with Crippen LogP contribution in [-0.2, 0) is 19.5 Å². The van der Waals surface area contributed by atoms with Gasteiger partial charge in [-0.15, -0.1) is 0 Å². The molecule has 0 atom stereocenters. The standard InChI is InChI=1S/C13H18BrN5O/c1-3-19-11(13(14)9(2)17-19)6-12(20)10-7-18(5-4-15)8-16-10/h7-8H,3-6,15H2,1-2H3. The zero-order valence-electron chi connectivity index (χ0n) is 11.6. The van der Waals surface area contributed by atoms with E-state index >= 15 is 0 Å². The molecule has 0 spiro atoms. The molecule has 0 saturated carbocycles. The highest BCUT2D eigenvalue weighted by molar-refractivity contribution is 9.10. The number of Topliss-reactive ketones (excluding diaryl/α,β-unsaturated/α-hetero) is 1. The van der Waals surface area contributed by atoms with Gasteiger partial charge in [-0.3, -0.25) is 9.48 Å². The minimum Gasteiger partial charge on any atom is -0.335 e. The third-order valence-electron chi connectivity index (χ3n) is 3.09. The van der Waals surface area contributed by atoms with Crippen molar-refractivity contribution in [2.45, 2.75) is 33.4 Å². The van der Waals surface area contributed by atoms with Crippen molar-refractivity contribution in [3.05, 3.63) is 34.1 Å². The highest BCUT2D eigenvalue weighted by Gasteiger charge is 2.18. The van der Waals surface area contributed by atoms with E-state index in [4.69, 9.17) is 5.73 Å². The van der Waals surface area contributed by atoms with Crippen molar-refractivity contribution in [2.24, 2.45) is 5.73 Å². The van der Waals surface area contributed by atoms with Crippen LogP contribution in [-0.4, -0.2) is 31.7 Å². The maximum absolute atomic E-state index is 12.3. The maximum Gasteiger partial charge on any atom is 0.188 e. The van der Waals surface area contributed by atoms with Gasteiger partial charge in [0.25, 0.3) is 0 Å². The lowest BCUT2D eigenvalue weighted by Gasteiger charge is -2.03. The van der Waals surface area contributed by atoms with Crippen molar-refractivity contribution in [3.8, 4) is 0 Å². The van der Waals surface area contributed by atoms with Gasteiger partial charge in [-0.2, -0.15) is 5.10 Å². The number of aromatic nitrogens is 4. The Balaban J connectivity index is 2.18. The molecule has 0 radical (unpaired) electrons. The Labute approximate surface area is 126 Å². The quantitative estimate of drug-likeness (QED) is 0.810. The summed E-state index contributed by atoms with van der Waals surface area (Å²) in [5.74, 6) is -0.0175. The molecule has 6 nitrogen and oxygen atoms in total. The number of hydrogen-bond acceptors (Lipinski definition) is 4. The van der Waals surface area contributed by atoms with Crippen molar-refractivity contribution < 1.29 is 4.79 Å². The summed E-state index contributed by atoms with van der Waals surface area (Å²) in [6.07, 6.45) is 3.66. The molecule has 7 heteroatoms. The van der Waals surface area contributed by atoms with Crippen molar-refractivity contribution in [1.82, 2.24) is 19.3 Å². The first-order valence-corrected chi connectivity index (χ1v) is 7.33. The molecule has 0 amide bonds. The fourth-order valence-electron chi connectivity index (χ4n) is 2.06. The van der Waals surface area contributed by atoms with Gasteiger partial charge in [0, 0.05) is 25.8 Å². The van der Waals surface area contributed by atoms with Crippen LogP contribution >= 0.6 is 15.9 Å². The Hall–Kier alpha value is -1.47. The van der Waals surface area contributed by atoms with Crippen LogP contribution in [0.5, 0.6) is 0 Å².